The average Bonchev–Trinajstić information content (AvgIpc) is 3.29. The highest BCUT2D eigenvalue weighted by Crippen LogP contribution is 2.26. The number of aldehydes is 1. The van der Waals surface area contributed by atoms with Crippen LogP contribution in [0.3, 0.4) is 0 Å². The Bertz CT molecular complexity index is 1590. The number of nitrogens with zero attached hydrogens (tertiary/aromatic N) is 5. The first-order valence-corrected chi connectivity index (χ1v) is 13.3. The second-order valence-corrected chi connectivity index (χ2v) is 10.2. The molecule has 0 aliphatic heterocycles. The van der Waals surface area contributed by atoms with Gasteiger partial charge in [-0.25, -0.2) is 19.3 Å². The fraction of sp³-hybridized carbons (Fsp3) is 0.345. The van der Waals surface area contributed by atoms with E-state index in [0.717, 1.165) is 12.8 Å². The molecule has 214 valence electrons. The van der Waals surface area contributed by atoms with Gasteiger partial charge in [-0.15, -0.1) is 0 Å². The number of nitrogens with one attached hydrogen (secondary N) is 1. The third kappa shape index (κ3) is 7.62. The lowest BCUT2D eigenvalue weighted by Gasteiger charge is -2.20. The van der Waals surface area contributed by atoms with Crippen LogP contribution in [0.2, 0.25) is 0 Å². The highest BCUT2D eigenvalue weighted by atomic mass is 16.6. The van der Waals surface area contributed by atoms with Gasteiger partial charge < -0.3 is 19.4 Å². The summed E-state index contributed by atoms with van der Waals surface area (Å²) in [6.45, 7) is 5.09. The number of allylic oxidation sites excluding steroid dienone is 5. The molecular weight excluding hydrogens is 528 g/mol. The molecule has 0 saturated carbocycles. The van der Waals surface area contributed by atoms with Gasteiger partial charge in [-0.1, -0.05) is 12.2 Å². The van der Waals surface area contributed by atoms with Crippen molar-refractivity contribution < 1.29 is 23.9 Å². The fourth-order valence-electron chi connectivity index (χ4n) is 4.03. The summed E-state index contributed by atoms with van der Waals surface area (Å²) in [6, 6.07) is 3.11. The standard InChI is InChI=1S/C29H32N6O6/c1-29(2,3)41-28(39)35-22(33-24-25(35)30-19-31-26(24)40-20-12-7-6-8-13-20)18-34-16-11-14-21(27(34)38)32-23(37)15-9-4-5-10-17-36/h5,7,10-14,16-17,19H,4,6,8-9,15,18H2,1-3H3,(H,32,37)/b10-5+. The van der Waals surface area contributed by atoms with Crippen molar-refractivity contribution in [1.29, 1.82) is 0 Å². The Hall–Kier alpha value is -4.87. The van der Waals surface area contributed by atoms with Gasteiger partial charge in [-0.05, 0) is 76.8 Å². The fourth-order valence-corrected chi connectivity index (χ4v) is 4.03. The van der Waals surface area contributed by atoms with E-state index in [1.165, 1.54) is 33.8 Å². The number of carbonyl (C=O) groups excluding carboxylic acids is 3. The van der Waals surface area contributed by atoms with Crippen LogP contribution in [0.4, 0.5) is 10.5 Å². The van der Waals surface area contributed by atoms with E-state index in [0.29, 0.717) is 24.9 Å². The van der Waals surface area contributed by atoms with Gasteiger partial charge in [0.2, 0.25) is 5.91 Å². The van der Waals surface area contributed by atoms with Crippen LogP contribution in [-0.2, 0) is 20.9 Å². The van der Waals surface area contributed by atoms with Gasteiger partial charge in [0, 0.05) is 12.6 Å². The molecule has 12 nitrogen and oxygen atoms in total. The number of ether oxygens (including phenoxy) is 2. The Kier molecular flexibility index (Phi) is 9.23. The molecule has 4 rings (SSSR count). The van der Waals surface area contributed by atoms with E-state index >= 15 is 0 Å². The van der Waals surface area contributed by atoms with Gasteiger partial charge in [-0.2, -0.15) is 4.98 Å². The maximum Gasteiger partial charge on any atom is 0.421 e. The van der Waals surface area contributed by atoms with E-state index in [9.17, 15) is 19.2 Å². The van der Waals surface area contributed by atoms with E-state index < -0.39 is 17.3 Å². The van der Waals surface area contributed by atoms with Crippen LogP contribution in [-0.4, -0.2) is 48.0 Å². The van der Waals surface area contributed by atoms with Crippen molar-refractivity contribution in [1.82, 2.24) is 24.1 Å². The van der Waals surface area contributed by atoms with Crippen molar-refractivity contribution >= 4 is 35.1 Å². The number of fused-ring (bicyclic) bond motifs is 1. The molecule has 0 saturated heterocycles. The number of amides is 1. The molecule has 1 aliphatic rings. The topological polar surface area (TPSA) is 147 Å². The highest BCUT2D eigenvalue weighted by Gasteiger charge is 2.26. The zero-order valence-electron chi connectivity index (χ0n) is 23.2. The molecule has 0 atom stereocenters. The summed E-state index contributed by atoms with van der Waals surface area (Å²) in [4.78, 5) is 62.4. The average molecular weight is 561 g/mol. The Morgan fingerprint density at radius 1 is 1.20 bits per heavy atom. The van der Waals surface area contributed by atoms with Gasteiger partial charge in [0.05, 0.1) is 6.54 Å². The molecule has 41 heavy (non-hydrogen) atoms. The minimum absolute atomic E-state index is 0.0840. The van der Waals surface area contributed by atoms with E-state index in [1.54, 1.807) is 32.9 Å². The van der Waals surface area contributed by atoms with Gasteiger partial charge in [0.15, 0.2) is 11.2 Å². The maximum atomic E-state index is 13.3. The molecule has 0 radical (unpaired) electrons. The van der Waals surface area contributed by atoms with E-state index in [-0.39, 0.29) is 47.4 Å². The summed E-state index contributed by atoms with van der Waals surface area (Å²) >= 11 is 0. The molecule has 1 amide bonds. The number of unbranched alkanes of at least 4 members (excludes halogenated alkanes) is 1. The van der Waals surface area contributed by atoms with Crippen LogP contribution in [0.1, 0.15) is 58.7 Å². The van der Waals surface area contributed by atoms with Crippen LogP contribution >= 0.6 is 0 Å². The molecule has 3 aromatic rings. The summed E-state index contributed by atoms with van der Waals surface area (Å²) in [5.41, 5.74) is -0.806. The first-order chi connectivity index (χ1) is 19.7. The molecule has 0 aromatic carbocycles. The molecule has 12 heteroatoms. The number of aromatic nitrogens is 5. The number of pyridine rings is 1. The van der Waals surface area contributed by atoms with E-state index in [4.69, 9.17) is 9.47 Å². The van der Waals surface area contributed by atoms with E-state index in [1.807, 2.05) is 18.2 Å². The van der Waals surface area contributed by atoms with Crippen molar-refractivity contribution in [3.63, 3.8) is 0 Å². The van der Waals surface area contributed by atoms with Crippen molar-refractivity contribution in [2.45, 2.75) is 65.0 Å². The van der Waals surface area contributed by atoms with Gasteiger partial charge >= 0.3 is 6.09 Å². The summed E-state index contributed by atoms with van der Waals surface area (Å²) in [7, 11) is 0. The number of anilines is 1. The molecule has 3 aromatic heterocycles. The van der Waals surface area contributed by atoms with Crippen molar-refractivity contribution in [2.75, 3.05) is 5.32 Å². The smallest absolute Gasteiger partial charge is 0.421 e. The number of imidazole rings is 1. The largest absolute Gasteiger partial charge is 0.443 e. The minimum Gasteiger partial charge on any atom is -0.443 e. The monoisotopic (exact) mass is 560 g/mol. The molecule has 0 spiro atoms. The first-order valence-electron chi connectivity index (χ1n) is 13.3. The normalized spacial score (nSPS) is 13.3. The predicted octanol–water partition coefficient (Wildman–Crippen LogP) is 4.30. The highest BCUT2D eigenvalue weighted by molar-refractivity contribution is 5.90. The molecule has 1 N–H and O–H groups in total. The summed E-state index contributed by atoms with van der Waals surface area (Å²) in [6.07, 6.45) is 14.6. The third-order valence-electron chi connectivity index (χ3n) is 5.83. The van der Waals surface area contributed by atoms with Crippen LogP contribution in [0, 0.1) is 0 Å². The molecular formula is C29H32N6O6. The number of hydrogen-bond donors (Lipinski definition) is 1. The molecule has 0 bridgehead atoms. The van der Waals surface area contributed by atoms with Gasteiger partial charge in [0.1, 0.15) is 35.5 Å². The second kappa shape index (κ2) is 13.0. The van der Waals surface area contributed by atoms with Crippen molar-refractivity contribution in [3.05, 3.63) is 77.0 Å². The SMILES string of the molecule is CC(C)(C)OC(=O)n1c(Cn2cccc(NC(=O)CCC/C=C/C=O)c2=O)nc2c(OC3=CCCC=C3)ncnc21. The Balaban J connectivity index is 1.66. The lowest BCUT2D eigenvalue weighted by Crippen LogP contribution is -2.30. The minimum atomic E-state index is -0.806. The Morgan fingerprint density at radius 3 is 2.76 bits per heavy atom. The first kappa shape index (κ1) is 29.1. The van der Waals surface area contributed by atoms with Crippen molar-refractivity contribution in [2.24, 2.45) is 0 Å². The van der Waals surface area contributed by atoms with Gasteiger partial charge in [0.25, 0.3) is 11.4 Å². The zero-order chi connectivity index (χ0) is 29.4. The lowest BCUT2D eigenvalue weighted by molar-refractivity contribution is -0.116. The summed E-state index contributed by atoms with van der Waals surface area (Å²) < 4.78 is 14.1. The predicted molar refractivity (Wildman–Crippen MR) is 152 cm³/mol. The number of rotatable bonds is 10. The molecule has 0 unspecified atom stereocenters. The van der Waals surface area contributed by atoms with Gasteiger partial charge in [-0.3, -0.25) is 14.4 Å². The summed E-state index contributed by atoms with van der Waals surface area (Å²) in [5.74, 6) is 0.598. The number of carbonyl (C=O) groups is 3. The maximum absolute atomic E-state index is 13.3. The lowest BCUT2D eigenvalue weighted by atomic mass is 10.2. The Morgan fingerprint density at radius 2 is 2.02 bits per heavy atom. The third-order valence-corrected chi connectivity index (χ3v) is 5.83. The quantitative estimate of drug-likeness (QED) is 0.218. The van der Waals surface area contributed by atoms with Crippen LogP contribution in [0.5, 0.6) is 5.88 Å². The molecule has 3 heterocycles. The second-order valence-electron chi connectivity index (χ2n) is 10.2. The molecule has 0 fully saturated rings. The Labute approximate surface area is 236 Å². The summed E-state index contributed by atoms with van der Waals surface area (Å²) in [5, 5.41) is 2.64. The van der Waals surface area contributed by atoms with Crippen LogP contribution in [0.25, 0.3) is 11.2 Å². The number of hydrogen-bond acceptors (Lipinski definition) is 9. The van der Waals surface area contributed by atoms with E-state index in [2.05, 4.69) is 20.3 Å². The van der Waals surface area contributed by atoms with Crippen LogP contribution < -0.4 is 15.6 Å². The zero-order valence-corrected chi connectivity index (χ0v) is 23.2. The van der Waals surface area contributed by atoms with Crippen LogP contribution in [0.15, 0.2) is 65.6 Å². The molecule has 1 aliphatic carbocycles. The van der Waals surface area contributed by atoms with Crippen molar-refractivity contribution in [3.8, 4) is 5.88 Å².